The van der Waals surface area contributed by atoms with E-state index in [0.717, 1.165) is 31.4 Å². The molecule has 2 bridgehead atoms. The van der Waals surface area contributed by atoms with Crippen molar-refractivity contribution >= 4 is 11.7 Å². The standard InChI is InChI=1S/C20H27N5O/c1-20(2,3)14-4-6-15(7-5-14)23-19(26)24-16-8-9-17(24)13-18(12-16)25-21-10-11-22-25/h4-7,10-11,16-18H,8-9,12-13H2,1-3H3,(H,23,26). The first kappa shape index (κ1) is 17.1. The van der Waals surface area contributed by atoms with Crippen molar-refractivity contribution in [3.05, 3.63) is 42.2 Å². The van der Waals surface area contributed by atoms with E-state index in [4.69, 9.17) is 0 Å². The molecule has 0 aliphatic carbocycles. The zero-order chi connectivity index (χ0) is 18.3. The second kappa shape index (κ2) is 6.41. The Morgan fingerprint density at radius 2 is 1.58 bits per heavy atom. The zero-order valence-corrected chi connectivity index (χ0v) is 15.7. The second-order valence-electron chi connectivity index (χ2n) is 8.52. The number of piperidine rings is 1. The van der Waals surface area contributed by atoms with Gasteiger partial charge in [0.1, 0.15) is 0 Å². The third-order valence-corrected chi connectivity index (χ3v) is 5.71. The lowest BCUT2D eigenvalue weighted by Gasteiger charge is -2.38. The number of benzene rings is 1. The molecule has 2 aromatic rings. The molecule has 2 atom stereocenters. The van der Waals surface area contributed by atoms with Gasteiger partial charge < -0.3 is 10.2 Å². The largest absolute Gasteiger partial charge is 0.322 e. The maximum atomic E-state index is 12.9. The van der Waals surface area contributed by atoms with Crippen molar-refractivity contribution in [2.45, 2.75) is 70.0 Å². The molecule has 2 aliphatic heterocycles. The first-order valence-electron chi connectivity index (χ1n) is 9.47. The van der Waals surface area contributed by atoms with Crippen LogP contribution in [-0.4, -0.2) is 38.0 Å². The summed E-state index contributed by atoms with van der Waals surface area (Å²) < 4.78 is 0. The fourth-order valence-corrected chi connectivity index (χ4v) is 4.32. The predicted octanol–water partition coefficient (Wildman–Crippen LogP) is 3.98. The highest BCUT2D eigenvalue weighted by molar-refractivity contribution is 5.90. The smallest absolute Gasteiger partial charge is 0.318 e. The zero-order valence-electron chi connectivity index (χ0n) is 15.7. The molecule has 1 aromatic carbocycles. The molecule has 2 fully saturated rings. The molecular weight excluding hydrogens is 326 g/mol. The van der Waals surface area contributed by atoms with Crippen LogP contribution in [0.3, 0.4) is 0 Å². The molecule has 6 nitrogen and oxygen atoms in total. The number of nitrogens with zero attached hydrogens (tertiary/aromatic N) is 4. The van der Waals surface area contributed by atoms with Crippen LogP contribution < -0.4 is 5.32 Å². The maximum Gasteiger partial charge on any atom is 0.322 e. The van der Waals surface area contributed by atoms with Crippen LogP contribution in [0.5, 0.6) is 0 Å². The summed E-state index contributed by atoms with van der Waals surface area (Å²) in [5.41, 5.74) is 2.24. The van der Waals surface area contributed by atoms with Gasteiger partial charge in [0.15, 0.2) is 0 Å². The Hall–Kier alpha value is -2.37. The van der Waals surface area contributed by atoms with Crippen molar-refractivity contribution in [3.63, 3.8) is 0 Å². The van der Waals surface area contributed by atoms with E-state index in [9.17, 15) is 4.79 Å². The molecular formula is C20H27N5O. The summed E-state index contributed by atoms with van der Waals surface area (Å²) in [4.78, 5) is 16.7. The van der Waals surface area contributed by atoms with Crippen LogP contribution >= 0.6 is 0 Å². The number of hydrogen-bond acceptors (Lipinski definition) is 3. The number of fused-ring (bicyclic) bond motifs is 2. The lowest BCUT2D eigenvalue weighted by Crippen LogP contribution is -2.49. The third-order valence-electron chi connectivity index (χ3n) is 5.71. The van der Waals surface area contributed by atoms with E-state index in [-0.39, 0.29) is 23.5 Å². The van der Waals surface area contributed by atoms with Gasteiger partial charge in [-0.15, -0.1) is 0 Å². The third kappa shape index (κ3) is 3.20. The number of urea groups is 1. The van der Waals surface area contributed by atoms with Gasteiger partial charge in [0.2, 0.25) is 0 Å². The number of aromatic nitrogens is 3. The van der Waals surface area contributed by atoms with Gasteiger partial charge in [-0.05, 0) is 48.8 Å². The minimum atomic E-state index is 0.0212. The van der Waals surface area contributed by atoms with Gasteiger partial charge in [0.05, 0.1) is 18.4 Å². The summed E-state index contributed by atoms with van der Waals surface area (Å²) in [6, 6.07) is 9.07. The van der Waals surface area contributed by atoms with Gasteiger partial charge in [-0.2, -0.15) is 15.0 Å². The lowest BCUT2D eigenvalue weighted by molar-refractivity contribution is 0.124. The average molecular weight is 353 g/mol. The fourth-order valence-electron chi connectivity index (χ4n) is 4.32. The number of carbonyl (C=O) groups is 1. The first-order chi connectivity index (χ1) is 12.4. The van der Waals surface area contributed by atoms with E-state index < -0.39 is 0 Å². The van der Waals surface area contributed by atoms with Crippen LogP contribution in [0.1, 0.15) is 58.1 Å². The van der Waals surface area contributed by atoms with Crippen LogP contribution in [0, 0.1) is 0 Å². The van der Waals surface area contributed by atoms with E-state index in [1.165, 1.54) is 5.56 Å². The van der Waals surface area contributed by atoms with Gasteiger partial charge >= 0.3 is 6.03 Å². The number of anilines is 1. The van der Waals surface area contributed by atoms with Gasteiger partial charge in [-0.1, -0.05) is 32.9 Å². The topological polar surface area (TPSA) is 63.1 Å². The number of carbonyl (C=O) groups excluding carboxylic acids is 1. The first-order valence-corrected chi connectivity index (χ1v) is 9.47. The molecule has 138 valence electrons. The lowest BCUT2D eigenvalue weighted by atomic mass is 9.87. The Labute approximate surface area is 154 Å². The SMILES string of the molecule is CC(C)(C)c1ccc(NC(=O)N2C3CCC2CC(n2nccn2)C3)cc1. The van der Waals surface area contributed by atoms with Gasteiger partial charge in [-0.25, -0.2) is 4.79 Å². The molecule has 2 unspecified atom stereocenters. The van der Waals surface area contributed by atoms with Crippen LogP contribution in [0.2, 0.25) is 0 Å². The number of rotatable bonds is 2. The highest BCUT2D eigenvalue weighted by atomic mass is 16.2. The second-order valence-corrected chi connectivity index (χ2v) is 8.52. The average Bonchev–Trinajstić information content (AvgIpc) is 3.21. The monoisotopic (exact) mass is 353 g/mol. The van der Waals surface area contributed by atoms with E-state index in [1.54, 1.807) is 12.4 Å². The summed E-state index contributed by atoms with van der Waals surface area (Å²) in [5.74, 6) is 0. The minimum Gasteiger partial charge on any atom is -0.318 e. The molecule has 1 N–H and O–H groups in total. The number of hydrogen-bond donors (Lipinski definition) is 1. The van der Waals surface area contributed by atoms with Crippen LogP contribution in [-0.2, 0) is 5.41 Å². The van der Waals surface area contributed by atoms with Crippen molar-refractivity contribution in [1.29, 1.82) is 0 Å². The fraction of sp³-hybridized carbons (Fsp3) is 0.550. The Kier molecular flexibility index (Phi) is 4.21. The maximum absolute atomic E-state index is 12.9. The Bertz CT molecular complexity index is 748. The van der Waals surface area contributed by atoms with Gasteiger partial charge in [0.25, 0.3) is 0 Å². The predicted molar refractivity (Wildman–Crippen MR) is 101 cm³/mol. The van der Waals surface area contributed by atoms with E-state index >= 15 is 0 Å². The molecule has 3 heterocycles. The van der Waals surface area contributed by atoms with Gasteiger partial charge in [0, 0.05) is 17.8 Å². The Morgan fingerprint density at radius 3 is 2.12 bits per heavy atom. The normalized spacial score (nSPS) is 25.3. The van der Waals surface area contributed by atoms with Crippen molar-refractivity contribution in [1.82, 2.24) is 19.9 Å². The quantitative estimate of drug-likeness (QED) is 0.888. The van der Waals surface area contributed by atoms with Crippen molar-refractivity contribution in [2.75, 3.05) is 5.32 Å². The highest BCUT2D eigenvalue weighted by Crippen LogP contribution is 2.40. The summed E-state index contributed by atoms with van der Waals surface area (Å²) in [6.45, 7) is 6.57. The van der Waals surface area contributed by atoms with Crippen molar-refractivity contribution in [2.24, 2.45) is 0 Å². The number of nitrogens with one attached hydrogen (secondary N) is 1. The van der Waals surface area contributed by atoms with Crippen molar-refractivity contribution in [3.8, 4) is 0 Å². The summed E-state index contributed by atoms with van der Waals surface area (Å²) in [5, 5.41) is 11.7. The molecule has 2 amide bonds. The molecule has 6 heteroatoms. The molecule has 0 radical (unpaired) electrons. The summed E-state index contributed by atoms with van der Waals surface area (Å²) >= 11 is 0. The van der Waals surface area contributed by atoms with E-state index in [0.29, 0.717) is 6.04 Å². The Balaban J connectivity index is 1.43. The van der Waals surface area contributed by atoms with Crippen LogP contribution in [0.15, 0.2) is 36.7 Å². The minimum absolute atomic E-state index is 0.0212. The highest BCUT2D eigenvalue weighted by Gasteiger charge is 2.44. The van der Waals surface area contributed by atoms with Crippen LogP contribution in [0.4, 0.5) is 10.5 Å². The van der Waals surface area contributed by atoms with E-state index in [1.807, 2.05) is 16.9 Å². The number of amides is 2. The van der Waals surface area contributed by atoms with E-state index in [2.05, 4.69) is 53.3 Å². The Morgan fingerprint density at radius 1 is 1.00 bits per heavy atom. The molecule has 2 saturated heterocycles. The van der Waals surface area contributed by atoms with Crippen molar-refractivity contribution < 1.29 is 4.79 Å². The molecule has 4 rings (SSSR count). The molecule has 26 heavy (non-hydrogen) atoms. The molecule has 1 aromatic heterocycles. The molecule has 2 aliphatic rings. The summed E-state index contributed by atoms with van der Waals surface area (Å²) in [6.07, 6.45) is 7.45. The summed E-state index contributed by atoms with van der Waals surface area (Å²) in [7, 11) is 0. The molecule has 0 saturated carbocycles. The van der Waals surface area contributed by atoms with Crippen LogP contribution in [0.25, 0.3) is 0 Å². The van der Waals surface area contributed by atoms with Gasteiger partial charge in [-0.3, -0.25) is 0 Å². The molecule has 0 spiro atoms.